The molecule has 94 valence electrons. The summed E-state index contributed by atoms with van der Waals surface area (Å²) in [5.74, 6) is 1.00. The number of benzene rings is 1. The highest BCUT2D eigenvalue weighted by Gasteiger charge is 2.00. The van der Waals surface area contributed by atoms with Crippen LogP contribution in [0.1, 0.15) is 13.8 Å². The Morgan fingerprint density at radius 1 is 1.29 bits per heavy atom. The van der Waals surface area contributed by atoms with Gasteiger partial charge in [-0.25, -0.2) is 4.39 Å². The number of rotatable bonds is 6. The molecule has 0 aliphatic carbocycles. The highest BCUT2D eigenvalue weighted by atomic mass is 19.1. The lowest BCUT2D eigenvalue weighted by Crippen LogP contribution is -2.05. The molecule has 0 bridgehead atoms. The summed E-state index contributed by atoms with van der Waals surface area (Å²) in [6.07, 6.45) is 1.42. The molecule has 3 nitrogen and oxygen atoms in total. The Balaban J connectivity index is 2.48. The molecule has 4 heteroatoms. The van der Waals surface area contributed by atoms with Gasteiger partial charge in [0.2, 0.25) is 0 Å². The molecule has 0 atom stereocenters. The van der Waals surface area contributed by atoms with Crippen molar-refractivity contribution in [3.8, 4) is 11.5 Å². The third kappa shape index (κ3) is 5.36. The average Bonchev–Trinajstić information content (AvgIpc) is 2.28. The Morgan fingerprint density at radius 3 is 2.41 bits per heavy atom. The van der Waals surface area contributed by atoms with E-state index in [1.54, 1.807) is 24.3 Å². The third-order valence-electron chi connectivity index (χ3n) is 1.91. The summed E-state index contributed by atoms with van der Waals surface area (Å²) in [6, 6.07) is 7.07. The summed E-state index contributed by atoms with van der Waals surface area (Å²) in [6.45, 7) is 3.99. The first-order valence-electron chi connectivity index (χ1n) is 5.56. The summed E-state index contributed by atoms with van der Waals surface area (Å²) >= 11 is 0. The van der Waals surface area contributed by atoms with Gasteiger partial charge in [0, 0.05) is 6.54 Å². The van der Waals surface area contributed by atoms with Crippen molar-refractivity contribution in [3.63, 3.8) is 0 Å². The van der Waals surface area contributed by atoms with E-state index < -0.39 is 0 Å². The minimum absolute atomic E-state index is 0.0957. The molecule has 0 aliphatic rings. The number of halogens is 1. The second kappa shape index (κ2) is 6.91. The molecule has 0 saturated carbocycles. The van der Waals surface area contributed by atoms with Crippen LogP contribution < -0.4 is 15.2 Å². The largest absolute Gasteiger partial charge is 0.491 e. The molecular weight excluding hydrogens is 221 g/mol. The Bertz CT molecular complexity index is 360. The lowest BCUT2D eigenvalue weighted by atomic mass is 10.3. The summed E-state index contributed by atoms with van der Waals surface area (Å²) in [4.78, 5) is 0. The van der Waals surface area contributed by atoms with Crippen LogP contribution in [-0.4, -0.2) is 19.3 Å². The van der Waals surface area contributed by atoms with Gasteiger partial charge >= 0.3 is 0 Å². The SMILES string of the molecule is CC(C)Oc1ccc(OCC(F)=CCN)cc1. The van der Waals surface area contributed by atoms with Gasteiger partial charge in [0.1, 0.15) is 23.9 Å². The molecule has 1 aromatic carbocycles. The maximum absolute atomic E-state index is 13.0. The van der Waals surface area contributed by atoms with Gasteiger partial charge in [-0.05, 0) is 44.2 Å². The molecule has 0 unspecified atom stereocenters. The first-order chi connectivity index (χ1) is 8.11. The standard InChI is InChI=1S/C13H18FNO2/c1-10(2)17-13-5-3-12(4-6-13)16-9-11(14)7-8-15/h3-7,10H,8-9,15H2,1-2H3. The molecular formula is C13H18FNO2. The van der Waals surface area contributed by atoms with E-state index in [4.69, 9.17) is 15.2 Å². The number of hydrogen-bond acceptors (Lipinski definition) is 3. The molecule has 0 fully saturated rings. The lowest BCUT2D eigenvalue weighted by Gasteiger charge is -2.10. The van der Waals surface area contributed by atoms with E-state index in [0.29, 0.717) is 5.75 Å². The molecule has 0 aliphatic heterocycles. The normalized spacial score (nSPS) is 11.7. The van der Waals surface area contributed by atoms with Crippen molar-refractivity contribution in [2.24, 2.45) is 5.73 Å². The second-order valence-electron chi connectivity index (χ2n) is 3.81. The first-order valence-corrected chi connectivity index (χ1v) is 5.56. The van der Waals surface area contributed by atoms with Gasteiger partial charge in [-0.15, -0.1) is 0 Å². The van der Waals surface area contributed by atoms with Crippen LogP contribution in [-0.2, 0) is 0 Å². The van der Waals surface area contributed by atoms with Crippen LogP contribution in [0, 0.1) is 0 Å². The van der Waals surface area contributed by atoms with Gasteiger partial charge in [-0.1, -0.05) is 0 Å². The van der Waals surface area contributed by atoms with Crippen molar-refractivity contribution < 1.29 is 13.9 Å². The third-order valence-corrected chi connectivity index (χ3v) is 1.91. The fourth-order valence-corrected chi connectivity index (χ4v) is 1.23. The van der Waals surface area contributed by atoms with Gasteiger partial charge in [0.25, 0.3) is 0 Å². The molecule has 2 N–H and O–H groups in total. The highest BCUT2D eigenvalue weighted by molar-refractivity contribution is 5.31. The van der Waals surface area contributed by atoms with E-state index in [-0.39, 0.29) is 25.1 Å². The average molecular weight is 239 g/mol. The van der Waals surface area contributed by atoms with Crippen molar-refractivity contribution in [1.82, 2.24) is 0 Å². The maximum atomic E-state index is 13.0. The number of hydrogen-bond donors (Lipinski definition) is 1. The van der Waals surface area contributed by atoms with Crippen LogP contribution >= 0.6 is 0 Å². The van der Waals surface area contributed by atoms with E-state index >= 15 is 0 Å². The molecule has 0 saturated heterocycles. The quantitative estimate of drug-likeness (QED) is 0.830. The monoisotopic (exact) mass is 239 g/mol. The highest BCUT2D eigenvalue weighted by Crippen LogP contribution is 2.19. The fourth-order valence-electron chi connectivity index (χ4n) is 1.23. The Hall–Kier alpha value is -1.55. The maximum Gasteiger partial charge on any atom is 0.139 e. The molecule has 1 rings (SSSR count). The molecule has 0 heterocycles. The topological polar surface area (TPSA) is 44.5 Å². The van der Waals surface area contributed by atoms with Crippen LogP contribution in [0.2, 0.25) is 0 Å². The zero-order valence-corrected chi connectivity index (χ0v) is 10.2. The van der Waals surface area contributed by atoms with Gasteiger partial charge in [0.15, 0.2) is 0 Å². The molecule has 1 aromatic rings. The zero-order chi connectivity index (χ0) is 12.7. The van der Waals surface area contributed by atoms with Crippen LogP contribution in [0.5, 0.6) is 11.5 Å². The van der Waals surface area contributed by atoms with Crippen LogP contribution in [0.15, 0.2) is 36.2 Å². The van der Waals surface area contributed by atoms with E-state index in [2.05, 4.69) is 0 Å². The molecule has 0 radical (unpaired) electrons. The van der Waals surface area contributed by atoms with Gasteiger partial charge < -0.3 is 15.2 Å². The summed E-state index contributed by atoms with van der Waals surface area (Å²) in [7, 11) is 0. The van der Waals surface area contributed by atoms with Crippen molar-refractivity contribution in [2.75, 3.05) is 13.2 Å². The lowest BCUT2D eigenvalue weighted by molar-refractivity contribution is 0.241. The Labute approximate surface area is 101 Å². The van der Waals surface area contributed by atoms with E-state index in [1.165, 1.54) is 6.08 Å². The predicted octanol–water partition coefficient (Wildman–Crippen LogP) is 2.66. The van der Waals surface area contributed by atoms with Crippen molar-refractivity contribution in [2.45, 2.75) is 20.0 Å². The van der Waals surface area contributed by atoms with Crippen LogP contribution in [0.3, 0.4) is 0 Å². The van der Waals surface area contributed by atoms with Gasteiger partial charge in [-0.2, -0.15) is 0 Å². The smallest absolute Gasteiger partial charge is 0.139 e. The second-order valence-corrected chi connectivity index (χ2v) is 3.81. The fraction of sp³-hybridized carbons (Fsp3) is 0.385. The number of nitrogens with two attached hydrogens (primary N) is 1. The predicted molar refractivity (Wildman–Crippen MR) is 65.9 cm³/mol. The van der Waals surface area contributed by atoms with E-state index in [1.807, 2.05) is 13.8 Å². The van der Waals surface area contributed by atoms with Crippen LogP contribution in [0.25, 0.3) is 0 Å². The molecule has 0 aromatic heterocycles. The Kier molecular flexibility index (Phi) is 5.49. The van der Waals surface area contributed by atoms with Crippen molar-refractivity contribution in [3.05, 3.63) is 36.2 Å². The summed E-state index contributed by atoms with van der Waals surface area (Å²) in [5.41, 5.74) is 5.18. The minimum atomic E-state index is -0.366. The first kappa shape index (κ1) is 13.5. The van der Waals surface area contributed by atoms with Crippen molar-refractivity contribution >= 4 is 0 Å². The number of ether oxygens (including phenoxy) is 2. The van der Waals surface area contributed by atoms with Crippen LogP contribution in [0.4, 0.5) is 4.39 Å². The molecule has 0 spiro atoms. The molecule has 0 amide bonds. The summed E-state index contributed by atoms with van der Waals surface area (Å²) < 4.78 is 23.7. The van der Waals surface area contributed by atoms with E-state index in [9.17, 15) is 4.39 Å². The van der Waals surface area contributed by atoms with Gasteiger partial charge in [0.05, 0.1) is 6.10 Å². The Morgan fingerprint density at radius 2 is 1.88 bits per heavy atom. The van der Waals surface area contributed by atoms with Crippen molar-refractivity contribution in [1.29, 1.82) is 0 Å². The zero-order valence-electron chi connectivity index (χ0n) is 10.2. The van der Waals surface area contributed by atoms with Gasteiger partial charge in [-0.3, -0.25) is 0 Å². The summed E-state index contributed by atoms with van der Waals surface area (Å²) in [5, 5.41) is 0. The minimum Gasteiger partial charge on any atom is -0.491 e. The van der Waals surface area contributed by atoms with E-state index in [0.717, 1.165) is 5.75 Å². The molecule has 17 heavy (non-hydrogen) atoms.